The van der Waals surface area contributed by atoms with Crippen LogP contribution in [-0.2, 0) is 20.9 Å². The van der Waals surface area contributed by atoms with E-state index in [1.54, 1.807) is 25.1 Å². The molecule has 1 N–H and O–H groups in total. The first-order valence-corrected chi connectivity index (χ1v) is 10.9. The first kappa shape index (κ1) is 23.0. The molecule has 0 saturated heterocycles. The van der Waals surface area contributed by atoms with Crippen LogP contribution < -0.4 is 4.72 Å². The fourth-order valence-corrected chi connectivity index (χ4v) is 4.05. The first-order valence-electron chi connectivity index (χ1n) is 9.01. The normalized spacial score (nSPS) is 13.8. The van der Waals surface area contributed by atoms with E-state index in [-0.39, 0.29) is 12.4 Å². The summed E-state index contributed by atoms with van der Waals surface area (Å²) in [5.74, 6) is -0.355. The van der Waals surface area contributed by atoms with Crippen LogP contribution in [0.25, 0.3) is 11.1 Å². The van der Waals surface area contributed by atoms with Gasteiger partial charge in [0.1, 0.15) is 4.75 Å². The van der Waals surface area contributed by atoms with E-state index in [1.165, 1.54) is 0 Å². The van der Waals surface area contributed by atoms with E-state index >= 15 is 0 Å². The minimum Gasteiger partial charge on any atom is -0.598 e. The molecule has 0 saturated carbocycles. The molecule has 0 amide bonds. The molecule has 0 aliphatic carbocycles. The van der Waals surface area contributed by atoms with E-state index in [0.29, 0.717) is 16.7 Å². The molecule has 2 rings (SSSR count). The third kappa shape index (κ3) is 6.13. The Kier molecular flexibility index (Phi) is 8.22. The van der Waals surface area contributed by atoms with Crippen molar-refractivity contribution in [3.8, 4) is 11.1 Å². The number of ether oxygens (including phenoxy) is 1. The number of carbonyl (C=O) groups is 1. The van der Waals surface area contributed by atoms with Crippen molar-refractivity contribution in [3.05, 3.63) is 58.1 Å². The molecule has 0 fully saturated rings. The predicted octanol–water partition coefficient (Wildman–Crippen LogP) is 5.71. The number of halogens is 2. The van der Waals surface area contributed by atoms with E-state index < -0.39 is 22.2 Å². The van der Waals surface area contributed by atoms with Gasteiger partial charge in [-0.2, -0.15) is 0 Å². The van der Waals surface area contributed by atoms with Crippen molar-refractivity contribution in [2.24, 2.45) is 0 Å². The van der Waals surface area contributed by atoms with Gasteiger partial charge in [0.05, 0.1) is 19.1 Å². The quantitative estimate of drug-likeness (QED) is 0.441. The topological polar surface area (TPSA) is 61.4 Å². The summed E-state index contributed by atoms with van der Waals surface area (Å²) < 4.78 is 20.4. The van der Waals surface area contributed by atoms with Crippen molar-refractivity contribution in [1.82, 2.24) is 4.72 Å². The number of hydrogen-bond donors (Lipinski definition) is 1. The van der Waals surface area contributed by atoms with Crippen LogP contribution >= 0.6 is 23.2 Å². The van der Waals surface area contributed by atoms with E-state index in [2.05, 4.69) is 4.72 Å². The molecule has 152 valence electrons. The van der Waals surface area contributed by atoms with Crippen LogP contribution in [0.15, 0.2) is 42.5 Å². The number of benzene rings is 2. The number of nitrogens with one attached hydrogen (secondary N) is 1. The highest BCUT2D eigenvalue weighted by atomic mass is 35.5. The van der Waals surface area contributed by atoms with Crippen LogP contribution in [0.1, 0.15) is 45.7 Å². The molecule has 0 heterocycles. The van der Waals surface area contributed by atoms with Crippen molar-refractivity contribution in [3.63, 3.8) is 0 Å². The van der Waals surface area contributed by atoms with Crippen molar-refractivity contribution >= 4 is 40.5 Å². The molecule has 0 aromatic heterocycles. The molecule has 7 heteroatoms. The van der Waals surface area contributed by atoms with Gasteiger partial charge < -0.3 is 9.29 Å². The van der Waals surface area contributed by atoms with Gasteiger partial charge >= 0.3 is 5.97 Å². The SMILES string of the molecule is CCOC(=O)C[C@H](N[S+]([O-])C(C)(C)C)c1cccc(-c2c(Cl)cccc2Cl)c1. The number of hydrogen-bond acceptors (Lipinski definition) is 4. The number of rotatable bonds is 7. The lowest BCUT2D eigenvalue weighted by atomic mass is 9.98. The Morgan fingerprint density at radius 1 is 1.18 bits per heavy atom. The fourth-order valence-electron chi connectivity index (χ4n) is 2.60. The van der Waals surface area contributed by atoms with Gasteiger partial charge in [0.25, 0.3) is 0 Å². The summed E-state index contributed by atoms with van der Waals surface area (Å²) in [5.41, 5.74) is 2.35. The zero-order valence-corrected chi connectivity index (χ0v) is 18.8. The number of esters is 1. The van der Waals surface area contributed by atoms with Crippen molar-refractivity contribution in [2.75, 3.05) is 6.61 Å². The van der Waals surface area contributed by atoms with E-state index in [4.69, 9.17) is 27.9 Å². The third-order valence-corrected chi connectivity index (χ3v) is 6.26. The Morgan fingerprint density at radius 3 is 2.36 bits per heavy atom. The maximum absolute atomic E-state index is 12.7. The van der Waals surface area contributed by atoms with Gasteiger partial charge in [-0.05, 0) is 57.0 Å². The molecule has 0 aliphatic heterocycles. The molecule has 0 spiro atoms. The molecular weight excluding hydrogens is 417 g/mol. The molecule has 28 heavy (non-hydrogen) atoms. The summed E-state index contributed by atoms with van der Waals surface area (Å²) >= 11 is 11.3. The second-order valence-electron chi connectivity index (χ2n) is 7.28. The summed E-state index contributed by atoms with van der Waals surface area (Å²) in [6.45, 7) is 7.67. The summed E-state index contributed by atoms with van der Waals surface area (Å²) in [6, 6.07) is 12.4. The molecule has 2 atom stereocenters. The van der Waals surface area contributed by atoms with Gasteiger partial charge in [0.2, 0.25) is 0 Å². The van der Waals surface area contributed by atoms with Gasteiger partial charge in [-0.3, -0.25) is 4.79 Å². The van der Waals surface area contributed by atoms with Crippen molar-refractivity contribution in [1.29, 1.82) is 0 Å². The Balaban J connectivity index is 2.41. The zero-order chi connectivity index (χ0) is 20.9. The fraction of sp³-hybridized carbons (Fsp3) is 0.381. The summed E-state index contributed by atoms with van der Waals surface area (Å²) in [5, 5.41) is 1.08. The molecule has 2 aromatic carbocycles. The lowest BCUT2D eigenvalue weighted by Crippen LogP contribution is -2.42. The Hall–Kier alpha value is -1.24. The van der Waals surface area contributed by atoms with Crippen LogP contribution in [0.5, 0.6) is 0 Å². The maximum atomic E-state index is 12.7. The maximum Gasteiger partial charge on any atom is 0.307 e. The highest BCUT2D eigenvalue weighted by Gasteiger charge is 2.31. The van der Waals surface area contributed by atoms with Crippen LogP contribution in [-0.4, -0.2) is 21.9 Å². The lowest BCUT2D eigenvalue weighted by molar-refractivity contribution is -0.143. The zero-order valence-electron chi connectivity index (χ0n) is 16.4. The van der Waals surface area contributed by atoms with Gasteiger partial charge in [-0.25, -0.2) is 0 Å². The van der Waals surface area contributed by atoms with Crippen molar-refractivity contribution in [2.45, 2.75) is 44.9 Å². The molecule has 2 aromatic rings. The van der Waals surface area contributed by atoms with E-state index in [0.717, 1.165) is 16.7 Å². The number of carbonyl (C=O) groups excluding carboxylic acids is 1. The minimum atomic E-state index is -1.36. The second kappa shape index (κ2) is 9.99. The van der Waals surface area contributed by atoms with Gasteiger partial charge in [0, 0.05) is 27.0 Å². The first-order chi connectivity index (χ1) is 13.1. The largest absolute Gasteiger partial charge is 0.598 e. The predicted molar refractivity (Wildman–Crippen MR) is 117 cm³/mol. The van der Waals surface area contributed by atoms with Gasteiger partial charge in [-0.1, -0.05) is 47.5 Å². The van der Waals surface area contributed by atoms with Gasteiger partial charge in [0.15, 0.2) is 0 Å². The summed E-state index contributed by atoms with van der Waals surface area (Å²) in [6.07, 6.45) is 0.0648. The third-order valence-electron chi connectivity index (χ3n) is 4.02. The Bertz CT molecular complexity index is 803. The molecule has 1 unspecified atom stereocenters. The van der Waals surface area contributed by atoms with Crippen molar-refractivity contribution < 1.29 is 14.1 Å². The van der Waals surface area contributed by atoms with E-state index in [9.17, 15) is 9.35 Å². The van der Waals surface area contributed by atoms with Crippen LogP contribution in [0.4, 0.5) is 0 Å². The molecule has 0 bridgehead atoms. The standard InChI is InChI=1S/C21H25Cl2NO3S/c1-5-27-19(25)13-18(24-28(26)21(2,3)4)14-8-6-9-15(12-14)20-16(22)10-7-11-17(20)23/h6-12,18,24H,5,13H2,1-4H3/t18-,28?/m0/s1. The highest BCUT2D eigenvalue weighted by Crippen LogP contribution is 2.36. The Labute approximate surface area is 179 Å². The second-order valence-corrected chi connectivity index (χ2v) is 10.1. The average Bonchev–Trinajstić information content (AvgIpc) is 2.60. The minimum absolute atomic E-state index is 0.0648. The summed E-state index contributed by atoms with van der Waals surface area (Å²) in [7, 11) is 0. The van der Waals surface area contributed by atoms with Crippen LogP contribution in [0.3, 0.4) is 0 Å². The van der Waals surface area contributed by atoms with Crippen LogP contribution in [0.2, 0.25) is 10.0 Å². The van der Waals surface area contributed by atoms with Crippen LogP contribution in [0, 0.1) is 0 Å². The molecular formula is C21H25Cl2NO3S. The monoisotopic (exact) mass is 441 g/mol. The summed E-state index contributed by atoms with van der Waals surface area (Å²) in [4.78, 5) is 12.1. The molecule has 0 radical (unpaired) electrons. The molecule has 4 nitrogen and oxygen atoms in total. The van der Waals surface area contributed by atoms with Gasteiger partial charge in [-0.15, -0.1) is 4.72 Å². The Morgan fingerprint density at radius 2 is 1.79 bits per heavy atom. The average molecular weight is 442 g/mol. The smallest absolute Gasteiger partial charge is 0.307 e. The molecule has 0 aliphatic rings. The lowest BCUT2D eigenvalue weighted by Gasteiger charge is -2.28. The van der Waals surface area contributed by atoms with E-state index in [1.807, 2.05) is 45.0 Å². The highest BCUT2D eigenvalue weighted by molar-refractivity contribution is 7.90.